The van der Waals surface area contributed by atoms with Crippen molar-refractivity contribution >= 4 is 5.91 Å². The second-order valence-corrected chi connectivity index (χ2v) is 6.27. The van der Waals surface area contributed by atoms with Gasteiger partial charge in [0.05, 0.1) is 24.9 Å². The maximum atomic E-state index is 12.6. The van der Waals surface area contributed by atoms with Crippen molar-refractivity contribution < 1.29 is 9.53 Å². The number of pyridine rings is 1. The molecule has 0 spiro atoms. The largest absolute Gasteiger partial charge is 0.497 e. The third kappa shape index (κ3) is 3.61. The standard InChI is InChI=1S/C21H23N3O2/c1-14-6-5-7-17(23-14)13-22-21(25)20-12-15(2)24(16(20)3)18-8-10-19(26-4)11-9-18/h5-12H,13H2,1-4H3,(H,22,25). The molecule has 3 aromatic rings. The van der Waals surface area contributed by atoms with Gasteiger partial charge in [-0.05, 0) is 63.2 Å². The van der Waals surface area contributed by atoms with Crippen LogP contribution in [-0.4, -0.2) is 22.6 Å². The van der Waals surface area contributed by atoms with Gasteiger partial charge >= 0.3 is 0 Å². The highest BCUT2D eigenvalue weighted by atomic mass is 16.5. The number of nitrogens with zero attached hydrogens (tertiary/aromatic N) is 2. The average Bonchev–Trinajstić information content (AvgIpc) is 2.94. The molecule has 0 aliphatic carbocycles. The van der Waals surface area contributed by atoms with E-state index in [1.807, 2.05) is 69.3 Å². The summed E-state index contributed by atoms with van der Waals surface area (Å²) >= 11 is 0. The second-order valence-electron chi connectivity index (χ2n) is 6.27. The van der Waals surface area contributed by atoms with E-state index < -0.39 is 0 Å². The zero-order valence-corrected chi connectivity index (χ0v) is 15.5. The van der Waals surface area contributed by atoms with E-state index in [0.29, 0.717) is 12.1 Å². The van der Waals surface area contributed by atoms with Crippen LogP contribution in [0.3, 0.4) is 0 Å². The summed E-state index contributed by atoms with van der Waals surface area (Å²) in [4.78, 5) is 17.1. The SMILES string of the molecule is COc1ccc(-n2c(C)cc(C(=O)NCc3cccc(C)n3)c2C)cc1. The summed E-state index contributed by atoms with van der Waals surface area (Å²) in [6.45, 7) is 6.30. The van der Waals surface area contributed by atoms with Gasteiger partial charge < -0.3 is 14.6 Å². The highest BCUT2D eigenvalue weighted by Gasteiger charge is 2.16. The molecule has 3 rings (SSSR count). The van der Waals surface area contributed by atoms with Crippen molar-refractivity contribution in [3.05, 3.63) is 76.9 Å². The minimum Gasteiger partial charge on any atom is -0.497 e. The lowest BCUT2D eigenvalue weighted by Crippen LogP contribution is -2.23. The van der Waals surface area contributed by atoms with E-state index in [0.717, 1.165) is 34.2 Å². The number of aryl methyl sites for hydroxylation is 2. The van der Waals surface area contributed by atoms with Crippen LogP contribution in [-0.2, 0) is 6.54 Å². The lowest BCUT2D eigenvalue weighted by Gasteiger charge is -2.11. The Hall–Kier alpha value is -3.08. The third-order valence-electron chi connectivity index (χ3n) is 4.38. The van der Waals surface area contributed by atoms with Gasteiger partial charge in [0.1, 0.15) is 5.75 Å². The molecular weight excluding hydrogens is 326 g/mol. The lowest BCUT2D eigenvalue weighted by molar-refractivity contribution is 0.0950. The third-order valence-corrected chi connectivity index (χ3v) is 4.38. The molecule has 0 atom stereocenters. The Balaban J connectivity index is 1.81. The predicted molar refractivity (Wildman–Crippen MR) is 102 cm³/mol. The predicted octanol–water partition coefficient (Wildman–Crippen LogP) is 3.74. The van der Waals surface area contributed by atoms with Gasteiger partial charge in [0.25, 0.3) is 5.91 Å². The molecule has 0 saturated heterocycles. The fourth-order valence-corrected chi connectivity index (χ4v) is 3.09. The molecule has 2 heterocycles. The first-order valence-electron chi connectivity index (χ1n) is 8.53. The summed E-state index contributed by atoms with van der Waals surface area (Å²) < 4.78 is 7.28. The molecule has 26 heavy (non-hydrogen) atoms. The molecule has 5 heteroatoms. The molecule has 1 aromatic carbocycles. The van der Waals surface area contributed by atoms with E-state index in [9.17, 15) is 4.79 Å². The van der Waals surface area contributed by atoms with Gasteiger partial charge in [-0.2, -0.15) is 0 Å². The molecule has 0 saturated carbocycles. The normalized spacial score (nSPS) is 10.6. The zero-order valence-electron chi connectivity index (χ0n) is 15.5. The monoisotopic (exact) mass is 349 g/mol. The fourth-order valence-electron chi connectivity index (χ4n) is 3.09. The van der Waals surface area contributed by atoms with E-state index >= 15 is 0 Å². The topological polar surface area (TPSA) is 56.1 Å². The van der Waals surface area contributed by atoms with Gasteiger partial charge in [-0.3, -0.25) is 9.78 Å². The maximum Gasteiger partial charge on any atom is 0.253 e. The summed E-state index contributed by atoms with van der Waals surface area (Å²) in [6, 6.07) is 15.5. The van der Waals surface area contributed by atoms with Crippen LogP contribution in [0.15, 0.2) is 48.5 Å². The number of rotatable bonds is 5. The highest BCUT2D eigenvalue weighted by molar-refractivity contribution is 5.95. The fraction of sp³-hybridized carbons (Fsp3) is 0.238. The molecule has 0 radical (unpaired) electrons. The molecule has 134 valence electrons. The van der Waals surface area contributed by atoms with Crippen LogP contribution < -0.4 is 10.1 Å². The number of carbonyl (C=O) groups excluding carboxylic acids is 1. The molecule has 0 bridgehead atoms. The van der Waals surface area contributed by atoms with Gasteiger partial charge in [-0.15, -0.1) is 0 Å². The van der Waals surface area contributed by atoms with Crippen LogP contribution in [0.2, 0.25) is 0 Å². The number of ether oxygens (including phenoxy) is 1. The number of aromatic nitrogens is 2. The summed E-state index contributed by atoms with van der Waals surface area (Å²) in [5.41, 5.74) is 5.37. The van der Waals surface area contributed by atoms with Gasteiger partial charge in [0.2, 0.25) is 0 Å². The van der Waals surface area contributed by atoms with E-state index in [1.165, 1.54) is 0 Å². The van der Waals surface area contributed by atoms with Crippen LogP contribution in [0.5, 0.6) is 5.75 Å². The van der Waals surface area contributed by atoms with Crippen molar-refractivity contribution in [3.8, 4) is 11.4 Å². The summed E-state index contributed by atoms with van der Waals surface area (Å²) in [5, 5.41) is 2.96. The number of benzene rings is 1. The number of hydrogen-bond donors (Lipinski definition) is 1. The summed E-state index contributed by atoms with van der Waals surface area (Å²) in [5.74, 6) is 0.709. The quantitative estimate of drug-likeness (QED) is 0.763. The first kappa shape index (κ1) is 17.7. The maximum absolute atomic E-state index is 12.6. The Morgan fingerprint density at radius 1 is 1.12 bits per heavy atom. The van der Waals surface area contributed by atoms with Crippen LogP contribution >= 0.6 is 0 Å². The number of carbonyl (C=O) groups is 1. The van der Waals surface area contributed by atoms with Crippen LogP contribution in [0.1, 0.15) is 33.1 Å². The molecule has 0 aliphatic heterocycles. The smallest absolute Gasteiger partial charge is 0.253 e. The number of nitrogens with one attached hydrogen (secondary N) is 1. The lowest BCUT2D eigenvalue weighted by atomic mass is 10.2. The van der Waals surface area contributed by atoms with Gasteiger partial charge in [-0.1, -0.05) is 6.07 Å². The van der Waals surface area contributed by atoms with Gasteiger partial charge in [0.15, 0.2) is 0 Å². The van der Waals surface area contributed by atoms with E-state index in [-0.39, 0.29) is 5.91 Å². The van der Waals surface area contributed by atoms with Crippen molar-refractivity contribution in [1.29, 1.82) is 0 Å². The van der Waals surface area contributed by atoms with Crippen molar-refractivity contribution in [1.82, 2.24) is 14.9 Å². The van der Waals surface area contributed by atoms with E-state index in [4.69, 9.17) is 4.74 Å². The molecule has 1 N–H and O–H groups in total. The van der Waals surface area contributed by atoms with Crippen LogP contribution in [0.4, 0.5) is 0 Å². The number of methoxy groups -OCH3 is 1. The minimum atomic E-state index is -0.0961. The second kappa shape index (κ2) is 7.44. The van der Waals surface area contributed by atoms with Gasteiger partial charge in [-0.25, -0.2) is 0 Å². The highest BCUT2D eigenvalue weighted by Crippen LogP contribution is 2.22. The zero-order chi connectivity index (χ0) is 18.7. The first-order chi connectivity index (χ1) is 12.5. The van der Waals surface area contributed by atoms with Crippen molar-refractivity contribution in [2.24, 2.45) is 0 Å². The molecule has 5 nitrogen and oxygen atoms in total. The molecular formula is C21H23N3O2. The van der Waals surface area contributed by atoms with E-state index in [2.05, 4.69) is 14.9 Å². The first-order valence-corrected chi connectivity index (χ1v) is 8.53. The Bertz CT molecular complexity index is 927. The number of hydrogen-bond acceptors (Lipinski definition) is 3. The molecule has 0 fully saturated rings. The van der Waals surface area contributed by atoms with Crippen molar-refractivity contribution in [2.75, 3.05) is 7.11 Å². The van der Waals surface area contributed by atoms with Crippen molar-refractivity contribution in [3.63, 3.8) is 0 Å². The molecule has 1 amide bonds. The van der Waals surface area contributed by atoms with Crippen LogP contribution in [0, 0.1) is 20.8 Å². The van der Waals surface area contributed by atoms with Gasteiger partial charge in [0, 0.05) is 22.8 Å². The Kier molecular flexibility index (Phi) is 5.07. The Morgan fingerprint density at radius 3 is 2.50 bits per heavy atom. The molecule has 2 aromatic heterocycles. The summed E-state index contributed by atoms with van der Waals surface area (Å²) in [7, 11) is 1.65. The van der Waals surface area contributed by atoms with Crippen molar-refractivity contribution in [2.45, 2.75) is 27.3 Å². The van der Waals surface area contributed by atoms with E-state index in [1.54, 1.807) is 7.11 Å². The average molecular weight is 349 g/mol. The molecule has 0 unspecified atom stereocenters. The Morgan fingerprint density at radius 2 is 1.85 bits per heavy atom. The molecule has 0 aliphatic rings. The van der Waals surface area contributed by atoms with Crippen LogP contribution in [0.25, 0.3) is 5.69 Å². The minimum absolute atomic E-state index is 0.0961. The number of amides is 1. The Labute approximate surface area is 153 Å². The summed E-state index contributed by atoms with van der Waals surface area (Å²) in [6.07, 6.45) is 0.